The summed E-state index contributed by atoms with van der Waals surface area (Å²) in [6, 6.07) is 0.251. The smallest absolute Gasteiger partial charge is 0.236 e. The molecule has 3 aliphatic carbocycles. The second-order valence-electron chi connectivity index (χ2n) is 10.9. The monoisotopic (exact) mass is 509 g/mol. The molecule has 2 saturated carbocycles. The lowest BCUT2D eigenvalue weighted by Crippen LogP contribution is -2.57. The van der Waals surface area contributed by atoms with Crippen LogP contribution in [-0.2, 0) is 16.0 Å². The fourth-order valence-electron chi connectivity index (χ4n) is 6.70. The molecule has 0 bridgehead atoms. The maximum atomic E-state index is 13.3. The van der Waals surface area contributed by atoms with Gasteiger partial charge in [-0.1, -0.05) is 33.1 Å². The number of nitrogens with zero attached hydrogens (tertiary/aromatic N) is 1. The summed E-state index contributed by atoms with van der Waals surface area (Å²) in [5.74, 6) is 0.244. The van der Waals surface area contributed by atoms with Gasteiger partial charge in [-0.05, 0) is 49.7 Å². The summed E-state index contributed by atoms with van der Waals surface area (Å²) in [6.07, 6.45) is 9.37. The lowest BCUT2D eigenvalue weighted by atomic mass is 9.47. The van der Waals surface area contributed by atoms with E-state index >= 15 is 0 Å². The van der Waals surface area contributed by atoms with E-state index in [-0.39, 0.29) is 41.7 Å². The fraction of sp³-hybridized carbons (Fsp3) is 0.800. The minimum absolute atomic E-state index is 0.0175. The van der Waals surface area contributed by atoms with Crippen molar-refractivity contribution in [1.82, 2.24) is 10.3 Å². The van der Waals surface area contributed by atoms with E-state index in [4.69, 9.17) is 4.98 Å². The molecule has 0 saturated heterocycles. The van der Waals surface area contributed by atoms with Crippen molar-refractivity contribution < 1.29 is 19.8 Å². The molecule has 7 nitrogen and oxygen atoms in total. The third kappa shape index (κ3) is 4.90. The van der Waals surface area contributed by atoms with Crippen molar-refractivity contribution in [2.24, 2.45) is 16.7 Å². The molecule has 5 atom stereocenters. The summed E-state index contributed by atoms with van der Waals surface area (Å²) in [7, 11) is 0. The van der Waals surface area contributed by atoms with Crippen LogP contribution in [0.3, 0.4) is 0 Å². The highest BCUT2D eigenvalue weighted by Crippen LogP contribution is 2.62. The molecule has 1 aromatic rings. The van der Waals surface area contributed by atoms with Crippen LogP contribution in [-0.4, -0.2) is 57.8 Å². The fourth-order valence-corrected chi connectivity index (χ4v) is 8.12. The van der Waals surface area contributed by atoms with Crippen LogP contribution < -0.4 is 10.6 Å². The van der Waals surface area contributed by atoms with Gasteiger partial charge in [-0.2, -0.15) is 11.8 Å². The normalized spacial score (nSPS) is 33.6. The quantitative estimate of drug-likeness (QED) is 0.446. The summed E-state index contributed by atoms with van der Waals surface area (Å²) >= 11 is 2.94. The van der Waals surface area contributed by atoms with Gasteiger partial charge in [-0.15, -0.1) is 11.3 Å². The van der Waals surface area contributed by atoms with Gasteiger partial charge >= 0.3 is 0 Å². The van der Waals surface area contributed by atoms with E-state index in [2.05, 4.69) is 17.6 Å². The van der Waals surface area contributed by atoms with Gasteiger partial charge in [0.1, 0.15) is 0 Å². The molecule has 4 rings (SSSR count). The number of aliphatic hydroxyl groups excluding tert-OH is 2. The van der Waals surface area contributed by atoms with Crippen LogP contribution in [0.5, 0.6) is 0 Å². The van der Waals surface area contributed by atoms with Crippen LogP contribution >= 0.6 is 23.1 Å². The Labute approximate surface area is 210 Å². The summed E-state index contributed by atoms with van der Waals surface area (Å²) in [5, 5.41) is 28.0. The predicted octanol–water partition coefficient (Wildman–Crippen LogP) is 3.70. The number of thioether (sulfide) groups is 1. The molecule has 0 aliphatic heterocycles. The molecule has 1 aromatic heterocycles. The first kappa shape index (κ1) is 25.9. The van der Waals surface area contributed by atoms with Gasteiger partial charge in [0, 0.05) is 28.7 Å². The molecule has 0 radical (unpaired) electrons. The first-order valence-corrected chi connectivity index (χ1v) is 14.8. The highest BCUT2D eigenvalue weighted by Gasteiger charge is 2.59. The number of aromatic nitrogens is 1. The number of anilines is 1. The van der Waals surface area contributed by atoms with Crippen molar-refractivity contribution in [2.75, 3.05) is 23.9 Å². The number of fused-ring (bicyclic) bond motifs is 2. The van der Waals surface area contributed by atoms with E-state index in [0.717, 1.165) is 42.7 Å². The Bertz CT molecular complexity index is 903. The minimum atomic E-state index is -0.644. The second-order valence-corrected chi connectivity index (χ2v) is 12.9. The third-order valence-electron chi connectivity index (χ3n) is 8.78. The van der Waals surface area contributed by atoms with Crippen molar-refractivity contribution in [1.29, 1.82) is 0 Å². The number of aliphatic hydroxyl groups is 2. The SMILES string of the molecule is CSCC(=O)Nc1nc2c(s1)CC1C(C)(CO)C(O)CCC1(C)C2CC(=O)NC1CCCCC1. The lowest BCUT2D eigenvalue weighted by molar-refractivity contribution is -0.144. The zero-order valence-electron chi connectivity index (χ0n) is 20.6. The molecule has 0 spiro atoms. The highest BCUT2D eigenvalue weighted by molar-refractivity contribution is 7.99. The van der Waals surface area contributed by atoms with E-state index in [0.29, 0.717) is 30.1 Å². The Morgan fingerprint density at radius 2 is 1.91 bits per heavy atom. The van der Waals surface area contributed by atoms with Gasteiger partial charge in [-0.25, -0.2) is 4.98 Å². The molecular weight excluding hydrogens is 470 g/mol. The van der Waals surface area contributed by atoms with Gasteiger partial charge in [0.25, 0.3) is 0 Å². The van der Waals surface area contributed by atoms with E-state index in [9.17, 15) is 19.8 Å². The Hall–Kier alpha value is -1.16. The van der Waals surface area contributed by atoms with Gasteiger partial charge in [0.05, 0.1) is 24.2 Å². The van der Waals surface area contributed by atoms with E-state index in [1.165, 1.54) is 29.5 Å². The number of carbonyl (C=O) groups excluding carboxylic acids is 2. The number of rotatable bonds is 7. The van der Waals surface area contributed by atoms with Crippen LogP contribution in [0.4, 0.5) is 5.13 Å². The molecule has 5 unspecified atom stereocenters. The molecule has 2 fully saturated rings. The van der Waals surface area contributed by atoms with E-state index in [1.807, 2.05) is 13.2 Å². The number of amides is 2. The summed E-state index contributed by atoms with van der Waals surface area (Å²) in [6.45, 7) is 4.09. The molecule has 34 heavy (non-hydrogen) atoms. The summed E-state index contributed by atoms with van der Waals surface area (Å²) < 4.78 is 0. The Morgan fingerprint density at radius 3 is 2.59 bits per heavy atom. The maximum Gasteiger partial charge on any atom is 0.236 e. The van der Waals surface area contributed by atoms with Crippen LogP contribution in [0, 0.1) is 16.7 Å². The molecule has 4 N–H and O–H groups in total. The van der Waals surface area contributed by atoms with Gasteiger partial charge < -0.3 is 20.8 Å². The average Bonchev–Trinajstić information content (AvgIpc) is 3.20. The zero-order valence-corrected chi connectivity index (χ0v) is 22.2. The summed E-state index contributed by atoms with van der Waals surface area (Å²) in [4.78, 5) is 31.4. The zero-order chi connectivity index (χ0) is 24.5. The van der Waals surface area contributed by atoms with Crippen molar-refractivity contribution in [3.8, 4) is 0 Å². The lowest BCUT2D eigenvalue weighted by Gasteiger charge is -2.58. The Morgan fingerprint density at radius 1 is 1.18 bits per heavy atom. The van der Waals surface area contributed by atoms with Gasteiger partial charge in [0.2, 0.25) is 11.8 Å². The van der Waals surface area contributed by atoms with Crippen molar-refractivity contribution in [3.05, 3.63) is 10.6 Å². The van der Waals surface area contributed by atoms with Gasteiger partial charge in [-0.3, -0.25) is 9.59 Å². The van der Waals surface area contributed by atoms with Crippen molar-refractivity contribution in [3.63, 3.8) is 0 Å². The molecule has 3 aliphatic rings. The van der Waals surface area contributed by atoms with Crippen LogP contribution in [0.15, 0.2) is 0 Å². The molecular formula is C25H39N3O4S2. The summed E-state index contributed by atoms with van der Waals surface area (Å²) in [5.41, 5.74) is -0.00393. The molecule has 190 valence electrons. The number of nitrogens with one attached hydrogen (secondary N) is 2. The topological polar surface area (TPSA) is 112 Å². The van der Waals surface area contributed by atoms with Crippen LogP contribution in [0.1, 0.15) is 81.7 Å². The molecule has 2 amide bonds. The maximum absolute atomic E-state index is 13.3. The Balaban J connectivity index is 1.65. The molecule has 9 heteroatoms. The van der Waals surface area contributed by atoms with Crippen molar-refractivity contribution >= 4 is 40.0 Å². The highest BCUT2D eigenvalue weighted by atomic mass is 32.2. The predicted molar refractivity (Wildman–Crippen MR) is 137 cm³/mol. The third-order valence-corrected chi connectivity index (χ3v) is 10.3. The van der Waals surface area contributed by atoms with Crippen LogP contribution in [0.25, 0.3) is 0 Å². The standard InChI is InChI=1S/C25H39N3O4S2/c1-24-10-9-19(30)25(2,14-29)18(24)12-17-22(28-23(34-17)27-21(32)13-33-3)16(24)11-20(31)26-15-7-5-4-6-8-15/h15-16,18-19,29-30H,4-14H2,1-3H3,(H,26,31)(H,27,28,32). The van der Waals surface area contributed by atoms with E-state index in [1.54, 1.807) is 0 Å². The molecule has 0 aromatic carbocycles. The first-order valence-electron chi connectivity index (χ1n) is 12.6. The van der Waals surface area contributed by atoms with Crippen molar-refractivity contribution in [2.45, 2.75) is 89.7 Å². The molecule has 1 heterocycles. The number of carbonyl (C=O) groups is 2. The van der Waals surface area contributed by atoms with Crippen LogP contribution in [0.2, 0.25) is 0 Å². The average molecular weight is 510 g/mol. The number of hydrogen-bond acceptors (Lipinski definition) is 7. The Kier molecular flexibility index (Phi) is 7.96. The first-order chi connectivity index (χ1) is 16.2. The minimum Gasteiger partial charge on any atom is -0.396 e. The second kappa shape index (κ2) is 10.4. The van der Waals surface area contributed by atoms with E-state index < -0.39 is 11.5 Å². The number of hydrogen-bond donors (Lipinski definition) is 4. The largest absolute Gasteiger partial charge is 0.396 e. The van der Waals surface area contributed by atoms with Gasteiger partial charge in [0.15, 0.2) is 5.13 Å². The number of thiazole rings is 1.